The van der Waals surface area contributed by atoms with Gasteiger partial charge in [0.2, 0.25) is 0 Å². The maximum absolute atomic E-state index is 4.46. The summed E-state index contributed by atoms with van der Waals surface area (Å²) in [5, 5.41) is 7.20. The van der Waals surface area contributed by atoms with E-state index in [2.05, 4.69) is 74.5 Å². The van der Waals surface area contributed by atoms with Crippen LogP contribution < -0.4 is 10.6 Å². The van der Waals surface area contributed by atoms with E-state index in [1.807, 2.05) is 7.05 Å². The third-order valence-corrected chi connectivity index (χ3v) is 6.91. The molecule has 0 amide bonds. The van der Waals surface area contributed by atoms with Crippen LogP contribution in [0.1, 0.15) is 45.1 Å². The SMILES string of the molecule is CCN1CCN(CCCCNC(=NC)NC2CCN(Cc3ccccc3)C(C)C2)CC1. The molecule has 2 heterocycles. The topological polar surface area (TPSA) is 46.1 Å². The van der Waals surface area contributed by atoms with Crippen molar-refractivity contribution >= 4 is 5.96 Å². The molecule has 1 aromatic carbocycles. The molecule has 2 N–H and O–H groups in total. The molecule has 174 valence electrons. The van der Waals surface area contributed by atoms with Gasteiger partial charge in [-0.25, -0.2) is 0 Å². The number of likely N-dealkylation sites (tertiary alicyclic amines) is 1. The lowest BCUT2D eigenvalue weighted by Gasteiger charge is -2.38. The van der Waals surface area contributed by atoms with E-state index >= 15 is 0 Å². The highest BCUT2D eigenvalue weighted by molar-refractivity contribution is 5.79. The molecule has 2 unspecified atom stereocenters. The summed E-state index contributed by atoms with van der Waals surface area (Å²) in [7, 11) is 1.89. The fourth-order valence-electron chi connectivity index (χ4n) is 4.79. The van der Waals surface area contributed by atoms with Crippen molar-refractivity contribution in [3.05, 3.63) is 35.9 Å². The second-order valence-electron chi connectivity index (χ2n) is 9.15. The lowest BCUT2D eigenvalue weighted by Crippen LogP contribution is -2.51. The number of hydrogen-bond donors (Lipinski definition) is 2. The largest absolute Gasteiger partial charge is 0.356 e. The predicted octanol–water partition coefficient (Wildman–Crippen LogP) is 2.62. The number of rotatable bonds is 9. The number of aliphatic imine (C=N–C) groups is 1. The van der Waals surface area contributed by atoms with Crippen LogP contribution in [-0.2, 0) is 6.54 Å². The second-order valence-corrected chi connectivity index (χ2v) is 9.15. The summed E-state index contributed by atoms with van der Waals surface area (Å²) in [5.41, 5.74) is 1.41. The van der Waals surface area contributed by atoms with Crippen LogP contribution in [-0.4, -0.2) is 92.1 Å². The molecule has 31 heavy (non-hydrogen) atoms. The molecule has 6 nitrogen and oxygen atoms in total. The number of guanidine groups is 1. The van der Waals surface area contributed by atoms with Crippen LogP contribution in [0, 0.1) is 0 Å². The first-order valence-electron chi connectivity index (χ1n) is 12.4. The molecule has 2 atom stereocenters. The van der Waals surface area contributed by atoms with E-state index in [0.717, 1.165) is 32.0 Å². The first kappa shape index (κ1) is 24.0. The van der Waals surface area contributed by atoms with Gasteiger partial charge in [0.15, 0.2) is 5.96 Å². The summed E-state index contributed by atoms with van der Waals surface area (Å²) in [6.45, 7) is 15.1. The van der Waals surface area contributed by atoms with Crippen molar-refractivity contribution in [3.63, 3.8) is 0 Å². The van der Waals surface area contributed by atoms with Gasteiger partial charge in [0.1, 0.15) is 0 Å². The third-order valence-electron chi connectivity index (χ3n) is 6.91. The molecule has 0 radical (unpaired) electrons. The summed E-state index contributed by atoms with van der Waals surface area (Å²) in [4.78, 5) is 12.2. The van der Waals surface area contributed by atoms with E-state index < -0.39 is 0 Å². The van der Waals surface area contributed by atoms with Crippen LogP contribution in [0.2, 0.25) is 0 Å². The molecule has 2 saturated heterocycles. The van der Waals surface area contributed by atoms with Crippen molar-refractivity contribution in [3.8, 4) is 0 Å². The molecule has 2 aliphatic rings. The standard InChI is InChI=1S/C25H44N6/c1-4-29-16-18-30(19-17-29)14-9-8-13-27-25(26-3)28-24-12-15-31(22(2)20-24)21-23-10-6-5-7-11-23/h5-7,10-11,22,24H,4,8-9,12-21H2,1-3H3,(H2,26,27,28). The van der Waals surface area contributed by atoms with Crippen molar-refractivity contribution in [1.82, 2.24) is 25.3 Å². The van der Waals surface area contributed by atoms with Gasteiger partial charge in [0, 0.05) is 64.9 Å². The zero-order valence-electron chi connectivity index (χ0n) is 20.0. The molecule has 6 heteroatoms. The molecule has 1 aromatic rings. The van der Waals surface area contributed by atoms with Crippen LogP contribution >= 0.6 is 0 Å². The number of hydrogen-bond acceptors (Lipinski definition) is 4. The molecule has 2 aliphatic heterocycles. The van der Waals surface area contributed by atoms with Gasteiger partial charge in [-0.1, -0.05) is 37.3 Å². The Kier molecular flexibility index (Phi) is 10.1. The molecule has 0 bridgehead atoms. The van der Waals surface area contributed by atoms with E-state index in [4.69, 9.17) is 0 Å². The van der Waals surface area contributed by atoms with Crippen LogP contribution in [0.5, 0.6) is 0 Å². The van der Waals surface area contributed by atoms with E-state index in [0.29, 0.717) is 12.1 Å². The van der Waals surface area contributed by atoms with Crippen LogP contribution in [0.3, 0.4) is 0 Å². The predicted molar refractivity (Wildman–Crippen MR) is 132 cm³/mol. The molecule has 0 aliphatic carbocycles. The van der Waals surface area contributed by atoms with E-state index in [1.165, 1.54) is 64.1 Å². The Bertz CT molecular complexity index is 641. The lowest BCUT2D eigenvalue weighted by atomic mass is 9.97. The van der Waals surface area contributed by atoms with Gasteiger partial charge in [-0.05, 0) is 51.3 Å². The number of nitrogens with zero attached hydrogens (tertiary/aromatic N) is 4. The number of unbranched alkanes of at least 4 members (excludes halogenated alkanes) is 1. The first-order valence-corrected chi connectivity index (χ1v) is 12.4. The van der Waals surface area contributed by atoms with Crippen molar-refractivity contribution < 1.29 is 0 Å². The third kappa shape index (κ3) is 8.09. The molecular weight excluding hydrogens is 384 g/mol. The number of benzene rings is 1. The first-order chi connectivity index (χ1) is 15.2. The molecule has 0 spiro atoms. The van der Waals surface area contributed by atoms with Crippen molar-refractivity contribution in [1.29, 1.82) is 0 Å². The average molecular weight is 429 g/mol. The Morgan fingerprint density at radius 3 is 2.45 bits per heavy atom. The monoisotopic (exact) mass is 428 g/mol. The van der Waals surface area contributed by atoms with Gasteiger partial charge < -0.3 is 20.4 Å². The maximum atomic E-state index is 4.46. The van der Waals surface area contributed by atoms with Crippen LogP contribution in [0.25, 0.3) is 0 Å². The average Bonchev–Trinajstić information content (AvgIpc) is 2.81. The maximum Gasteiger partial charge on any atom is 0.191 e. The van der Waals surface area contributed by atoms with Gasteiger partial charge in [0.05, 0.1) is 0 Å². The molecule has 0 aromatic heterocycles. The van der Waals surface area contributed by atoms with E-state index in [-0.39, 0.29) is 0 Å². The summed E-state index contributed by atoms with van der Waals surface area (Å²) in [6.07, 6.45) is 4.78. The Hall–Kier alpha value is -1.63. The van der Waals surface area contributed by atoms with Crippen molar-refractivity contribution in [2.45, 2.75) is 58.2 Å². The van der Waals surface area contributed by atoms with Gasteiger partial charge in [-0.15, -0.1) is 0 Å². The Labute approximate surface area is 190 Å². The number of nitrogens with one attached hydrogen (secondary N) is 2. The van der Waals surface area contributed by atoms with Crippen molar-refractivity contribution in [2.24, 2.45) is 4.99 Å². The number of likely N-dealkylation sites (N-methyl/N-ethyl adjacent to an activating group) is 1. The Morgan fingerprint density at radius 2 is 1.77 bits per heavy atom. The number of piperidine rings is 1. The summed E-state index contributed by atoms with van der Waals surface area (Å²) in [6, 6.07) is 11.9. The zero-order valence-corrected chi connectivity index (χ0v) is 20.0. The highest BCUT2D eigenvalue weighted by atomic mass is 15.3. The van der Waals surface area contributed by atoms with Crippen LogP contribution in [0.15, 0.2) is 35.3 Å². The summed E-state index contributed by atoms with van der Waals surface area (Å²) >= 11 is 0. The minimum absolute atomic E-state index is 0.503. The van der Waals surface area contributed by atoms with Gasteiger partial charge >= 0.3 is 0 Å². The minimum Gasteiger partial charge on any atom is -0.356 e. The second kappa shape index (κ2) is 13.0. The summed E-state index contributed by atoms with van der Waals surface area (Å²) < 4.78 is 0. The fourth-order valence-corrected chi connectivity index (χ4v) is 4.79. The van der Waals surface area contributed by atoms with E-state index in [1.54, 1.807) is 0 Å². The Morgan fingerprint density at radius 1 is 1.03 bits per heavy atom. The smallest absolute Gasteiger partial charge is 0.191 e. The highest BCUT2D eigenvalue weighted by Crippen LogP contribution is 2.19. The normalized spacial score (nSPS) is 24.3. The quantitative estimate of drug-likeness (QED) is 0.360. The number of piperazine rings is 1. The van der Waals surface area contributed by atoms with Gasteiger partial charge in [-0.2, -0.15) is 0 Å². The lowest BCUT2D eigenvalue weighted by molar-refractivity contribution is 0.134. The molecule has 2 fully saturated rings. The molecule has 3 rings (SSSR count). The summed E-state index contributed by atoms with van der Waals surface area (Å²) in [5.74, 6) is 0.963. The van der Waals surface area contributed by atoms with Crippen molar-refractivity contribution in [2.75, 3.05) is 59.4 Å². The van der Waals surface area contributed by atoms with E-state index in [9.17, 15) is 0 Å². The van der Waals surface area contributed by atoms with Crippen LogP contribution in [0.4, 0.5) is 0 Å². The fraction of sp³-hybridized carbons (Fsp3) is 0.720. The van der Waals surface area contributed by atoms with Gasteiger partial charge in [-0.3, -0.25) is 9.89 Å². The highest BCUT2D eigenvalue weighted by Gasteiger charge is 2.26. The Balaban J connectivity index is 1.29. The minimum atomic E-state index is 0.503. The molecule has 0 saturated carbocycles. The molecular formula is C25H44N6. The zero-order chi connectivity index (χ0) is 21.9. The van der Waals surface area contributed by atoms with Gasteiger partial charge in [0.25, 0.3) is 0 Å².